The van der Waals surface area contributed by atoms with Crippen LogP contribution in [0.25, 0.3) is 0 Å². The molecular weight excluding hydrogens is 525 g/mol. The Hall–Kier alpha value is -2.37. The fourth-order valence-electron chi connectivity index (χ4n) is 3.80. The van der Waals surface area contributed by atoms with Crippen molar-refractivity contribution in [3.63, 3.8) is 0 Å². The van der Waals surface area contributed by atoms with Crippen molar-refractivity contribution in [1.29, 1.82) is 5.26 Å². The number of nitrogens with zero attached hydrogens (tertiary/aromatic N) is 5. The molecule has 2 aromatic carbocycles. The molecule has 0 radical (unpaired) electrons. The first-order valence-electron chi connectivity index (χ1n) is 10.3. The second kappa shape index (κ2) is 12.2. The van der Waals surface area contributed by atoms with Gasteiger partial charge in [0.2, 0.25) is 0 Å². The Morgan fingerprint density at radius 3 is 2.39 bits per heavy atom. The van der Waals surface area contributed by atoms with Gasteiger partial charge in [0.25, 0.3) is 5.91 Å². The van der Waals surface area contributed by atoms with Gasteiger partial charge in [-0.25, -0.2) is 4.98 Å². The fourth-order valence-corrected chi connectivity index (χ4v) is 4.05. The van der Waals surface area contributed by atoms with Crippen LogP contribution in [0, 0.1) is 18.3 Å². The quantitative estimate of drug-likeness (QED) is 0.463. The number of halogens is 3. The number of benzene rings is 2. The van der Waals surface area contributed by atoms with Gasteiger partial charge in [0.05, 0.1) is 23.7 Å². The predicted molar refractivity (Wildman–Crippen MR) is 137 cm³/mol. The molecule has 3 aromatic rings. The molecule has 1 aliphatic heterocycles. The number of aryl methyl sites for hydroxylation is 1. The Bertz CT molecular complexity index is 1120. The van der Waals surface area contributed by atoms with Crippen LogP contribution in [-0.4, -0.2) is 51.4 Å². The summed E-state index contributed by atoms with van der Waals surface area (Å²) >= 11 is 3.49. The van der Waals surface area contributed by atoms with Crippen molar-refractivity contribution in [2.45, 2.75) is 20.0 Å². The number of nitriles is 1. The summed E-state index contributed by atoms with van der Waals surface area (Å²) in [6.07, 6.45) is 3.76. The minimum absolute atomic E-state index is 0. The van der Waals surface area contributed by atoms with Crippen LogP contribution in [0.3, 0.4) is 0 Å². The third kappa shape index (κ3) is 6.58. The van der Waals surface area contributed by atoms with Gasteiger partial charge in [0, 0.05) is 55.5 Å². The maximum absolute atomic E-state index is 12.8. The Morgan fingerprint density at radius 1 is 1.06 bits per heavy atom. The van der Waals surface area contributed by atoms with Crippen LogP contribution in [-0.2, 0) is 13.1 Å². The lowest BCUT2D eigenvalue weighted by Gasteiger charge is -2.34. The molecule has 0 atom stereocenters. The first-order chi connectivity index (χ1) is 15.0. The summed E-state index contributed by atoms with van der Waals surface area (Å²) in [6, 6.07) is 15.6. The minimum Gasteiger partial charge on any atom is -0.336 e. The Morgan fingerprint density at radius 2 is 1.76 bits per heavy atom. The molecule has 33 heavy (non-hydrogen) atoms. The van der Waals surface area contributed by atoms with Crippen LogP contribution in [0.15, 0.2) is 59.5 Å². The average molecular weight is 551 g/mol. The molecule has 0 aliphatic carbocycles. The molecule has 1 aromatic heterocycles. The van der Waals surface area contributed by atoms with Crippen molar-refractivity contribution in [2.75, 3.05) is 26.2 Å². The summed E-state index contributed by atoms with van der Waals surface area (Å²) in [5.41, 5.74) is 4.76. The molecule has 1 aliphatic rings. The van der Waals surface area contributed by atoms with Crippen LogP contribution < -0.4 is 0 Å². The highest BCUT2D eigenvalue weighted by Gasteiger charge is 2.23. The molecule has 1 fully saturated rings. The second-order valence-corrected chi connectivity index (χ2v) is 8.71. The summed E-state index contributed by atoms with van der Waals surface area (Å²) in [5, 5.41) is 8.96. The van der Waals surface area contributed by atoms with Crippen LogP contribution in [0.2, 0.25) is 0 Å². The number of amides is 1. The SMILES string of the molecule is Cc1cc(C(=O)N2CCN(Cc3cncn3Cc3ccc(C#N)cc3)CC2)ccc1Br.Cl.Cl. The third-order valence-corrected chi connectivity index (χ3v) is 6.57. The summed E-state index contributed by atoms with van der Waals surface area (Å²) in [7, 11) is 0. The van der Waals surface area contributed by atoms with E-state index < -0.39 is 0 Å². The summed E-state index contributed by atoms with van der Waals surface area (Å²) in [5.74, 6) is 0.0982. The first kappa shape index (κ1) is 26.9. The van der Waals surface area contributed by atoms with Gasteiger partial charge in [0.1, 0.15) is 0 Å². The van der Waals surface area contributed by atoms with Gasteiger partial charge < -0.3 is 9.47 Å². The maximum atomic E-state index is 12.8. The van der Waals surface area contributed by atoms with Gasteiger partial charge in [-0.1, -0.05) is 28.1 Å². The highest BCUT2D eigenvalue weighted by Crippen LogP contribution is 2.19. The highest BCUT2D eigenvalue weighted by atomic mass is 79.9. The Kier molecular flexibility index (Phi) is 9.93. The van der Waals surface area contributed by atoms with Gasteiger partial charge >= 0.3 is 0 Å². The number of hydrogen-bond acceptors (Lipinski definition) is 4. The van der Waals surface area contributed by atoms with E-state index in [1.54, 1.807) is 0 Å². The van der Waals surface area contributed by atoms with Crippen LogP contribution in [0.5, 0.6) is 0 Å². The van der Waals surface area contributed by atoms with E-state index in [1.165, 1.54) is 0 Å². The summed E-state index contributed by atoms with van der Waals surface area (Å²) < 4.78 is 3.16. The van der Waals surface area contributed by atoms with Crippen molar-refractivity contribution in [2.24, 2.45) is 0 Å². The third-order valence-electron chi connectivity index (χ3n) is 5.68. The van der Waals surface area contributed by atoms with E-state index >= 15 is 0 Å². The standard InChI is InChI=1S/C24H24BrN5O.2ClH/c1-18-12-21(6-7-23(18)25)24(31)29-10-8-28(9-11-29)16-22-14-27-17-30(22)15-20-4-2-19(13-26)3-5-20;;/h2-7,12,14,17H,8-11,15-16H2,1H3;2*1H. The number of imidazole rings is 1. The lowest BCUT2D eigenvalue weighted by Crippen LogP contribution is -2.48. The van der Waals surface area contributed by atoms with Gasteiger partial charge in [-0.05, 0) is 48.4 Å². The van der Waals surface area contributed by atoms with Crippen LogP contribution in [0.4, 0.5) is 0 Å². The molecule has 0 spiro atoms. The number of carbonyl (C=O) groups is 1. The first-order valence-corrected chi connectivity index (χ1v) is 11.1. The topological polar surface area (TPSA) is 65.2 Å². The number of rotatable bonds is 5. The van der Waals surface area contributed by atoms with Crippen molar-refractivity contribution in [3.8, 4) is 6.07 Å². The zero-order valence-electron chi connectivity index (χ0n) is 18.3. The highest BCUT2D eigenvalue weighted by molar-refractivity contribution is 9.10. The van der Waals surface area contributed by atoms with Crippen molar-refractivity contribution in [3.05, 3.63) is 87.4 Å². The Balaban J connectivity index is 0.00000193. The largest absolute Gasteiger partial charge is 0.336 e. The van der Waals surface area contributed by atoms with E-state index in [0.29, 0.717) is 5.56 Å². The lowest BCUT2D eigenvalue weighted by atomic mass is 10.1. The monoisotopic (exact) mass is 549 g/mol. The molecular formula is C24H26BrCl2N5O. The molecule has 2 heterocycles. The Labute approximate surface area is 215 Å². The van der Waals surface area contributed by atoms with E-state index in [0.717, 1.165) is 66.1 Å². The van der Waals surface area contributed by atoms with E-state index in [9.17, 15) is 4.79 Å². The number of aromatic nitrogens is 2. The maximum Gasteiger partial charge on any atom is 0.253 e. The van der Waals surface area contributed by atoms with Gasteiger partial charge in [-0.3, -0.25) is 9.69 Å². The van der Waals surface area contributed by atoms with Crippen LogP contribution in [0.1, 0.15) is 32.7 Å². The number of hydrogen-bond donors (Lipinski definition) is 0. The molecule has 9 heteroatoms. The van der Waals surface area contributed by atoms with Crippen molar-refractivity contribution in [1.82, 2.24) is 19.4 Å². The van der Waals surface area contributed by atoms with Gasteiger partial charge in [-0.2, -0.15) is 5.26 Å². The van der Waals surface area contributed by atoms with Gasteiger partial charge in [0.15, 0.2) is 0 Å². The summed E-state index contributed by atoms with van der Waals surface area (Å²) in [4.78, 5) is 21.5. The van der Waals surface area contributed by atoms with E-state index in [1.807, 2.05) is 66.8 Å². The van der Waals surface area contributed by atoms with E-state index in [-0.39, 0.29) is 30.7 Å². The molecule has 0 saturated carbocycles. The molecule has 0 unspecified atom stereocenters. The number of piperazine rings is 1. The van der Waals surface area contributed by atoms with Crippen molar-refractivity contribution < 1.29 is 4.79 Å². The molecule has 0 bridgehead atoms. The predicted octanol–water partition coefficient (Wildman–Crippen LogP) is 4.68. The zero-order valence-corrected chi connectivity index (χ0v) is 21.5. The fraction of sp³-hybridized carbons (Fsp3) is 0.292. The normalized spacial score (nSPS) is 13.5. The van der Waals surface area contributed by atoms with Gasteiger partial charge in [-0.15, -0.1) is 24.8 Å². The number of carbonyl (C=O) groups excluding carboxylic acids is 1. The molecule has 0 N–H and O–H groups in total. The zero-order chi connectivity index (χ0) is 21.8. The lowest BCUT2D eigenvalue weighted by molar-refractivity contribution is 0.0625. The van der Waals surface area contributed by atoms with E-state index in [4.69, 9.17) is 5.26 Å². The molecule has 1 amide bonds. The molecule has 6 nitrogen and oxygen atoms in total. The minimum atomic E-state index is 0. The molecule has 1 saturated heterocycles. The second-order valence-electron chi connectivity index (χ2n) is 7.85. The molecule has 4 rings (SSSR count). The van der Waals surface area contributed by atoms with Crippen molar-refractivity contribution >= 4 is 46.7 Å². The molecule has 174 valence electrons. The van der Waals surface area contributed by atoms with Crippen LogP contribution >= 0.6 is 40.7 Å². The summed E-state index contributed by atoms with van der Waals surface area (Å²) in [6.45, 7) is 6.64. The average Bonchev–Trinajstić information content (AvgIpc) is 3.22. The van der Waals surface area contributed by atoms with E-state index in [2.05, 4.69) is 36.5 Å². The smallest absolute Gasteiger partial charge is 0.253 e.